The Balaban J connectivity index is 0.000000714. The third-order valence-electron chi connectivity index (χ3n) is 4.81. The lowest BCUT2D eigenvalue weighted by Gasteiger charge is -2.13. The van der Waals surface area contributed by atoms with E-state index >= 15 is 0 Å². The Bertz CT molecular complexity index is 1170. The van der Waals surface area contributed by atoms with E-state index in [1.807, 2.05) is 75.0 Å². The second-order valence-electron chi connectivity index (χ2n) is 7.01. The molecule has 0 bridgehead atoms. The minimum absolute atomic E-state index is 0.146. The van der Waals surface area contributed by atoms with Gasteiger partial charge in [-0.1, -0.05) is 50.2 Å². The van der Waals surface area contributed by atoms with Crippen LogP contribution in [0.1, 0.15) is 42.9 Å². The van der Waals surface area contributed by atoms with Crippen molar-refractivity contribution in [3.8, 4) is 11.1 Å². The van der Waals surface area contributed by atoms with Crippen LogP contribution < -0.4 is 5.32 Å². The van der Waals surface area contributed by atoms with Crippen molar-refractivity contribution in [3.05, 3.63) is 90.3 Å². The summed E-state index contributed by atoms with van der Waals surface area (Å²) in [6.45, 7) is 4.16. The number of nitrogens with zero attached hydrogens (tertiary/aromatic N) is 2. The zero-order chi connectivity index (χ0) is 24.4. The predicted octanol–water partition coefficient (Wildman–Crippen LogP) is 6.78. The fourth-order valence-electron chi connectivity index (χ4n) is 3.32. The molecule has 0 aliphatic rings. The Kier molecular flexibility index (Phi) is 9.66. The molecule has 0 spiro atoms. The number of nitrogens with one attached hydrogen (secondary N) is 1. The molecule has 1 atom stereocenters. The van der Waals surface area contributed by atoms with Gasteiger partial charge in [-0.25, -0.2) is 18.2 Å². The molecule has 4 rings (SSSR count). The summed E-state index contributed by atoms with van der Waals surface area (Å²) in [5.41, 5.74) is 3.35. The molecule has 1 unspecified atom stereocenters. The lowest BCUT2D eigenvalue weighted by molar-refractivity contribution is 0.0939. The van der Waals surface area contributed by atoms with Crippen LogP contribution in [0.25, 0.3) is 21.9 Å². The Labute approximate surface area is 192 Å². The van der Waals surface area contributed by atoms with Gasteiger partial charge in [0.1, 0.15) is 5.82 Å². The van der Waals surface area contributed by atoms with Gasteiger partial charge in [-0.05, 0) is 53.1 Å². The van der Waals surface area contributed by atoms with Crippen LogP contribution >= 0.6 is 0 Å². The molecule has 0 aliphatic carbocycles. The molecular formula is C26H28F3N3O. The number of hydrogen-bond acceptors (Lipinski definition) is 2. The van der Waals surface area contributed by atoms with Gasteiger partial charge < -0.3 is 9.88 Å². The van der Waals surface area contributed by atoms with Gasteiger partial charge in [0.05, 0.1) is 18.1 Å². The van der Waals surface area contributed by atoms with Crippen LogP contribution in [0.5, 0.6) is 0 Å². The first-order valence-electron chi connectivity index (χ1n) is 10.6. The highest BCUT2D eigenvalue weighted by molar-refractivity contribution is 6.02. The quantitative estimate of drug-likeness (QED) is 0.369. The topological polar surface area (TPSA) is 46.9 Å². The Hall–Kier alpha value is -3.61. The highest BCUT2D eigenvalue weighted by Crippen LogP contribution is 2.29. The van der Waals surface area contributed by atoms with Crippen LogP contribution in [-0.4, -0.2) is 22.4 Å². The molecule has 33 heavy (non-hydrogen) atoms. The minimum atomic E-state index is -1.75. The fraction of sp³-hybridized carbons (Fsp3) is 0.231. The van der Waals surface area contributed by atoms with Gasteiger partial charge in [0.2, 0.25) is 6.93 Å². The first-order valence-corrected chi connectivity index (χ1v) is 10.6. The number of carbonyl (C=O) groups excluding carboxylic acids is 1. The summed E-state index contributed by atoms with van der Waals surface area (Å²) in [4.78, 5) is 17.0. The number of carbonyl (C=O) groups is 1. The van der Waals surface area contributed by atoms with Crippen molar-refractivity contribution in [3.63, 3.8) is 0 Å². The van der Waals surface area contributed by atoms with E-state index in [2.05, 4.69) is 10.3 Å². The number of aromatic nitrogens is 2. The number of benzene rings is 3. The van der Waals surface area contributed by atoms with Crippen molar-refractivity contribution in [2.45, 2.75) is 26.8 Å². The molecule has 0 radical (unpaired) electrons. The molecule has 0 aliphatic heterocycles. The van der Waals surface area contributed by atoms with Gasteiger partial charge >= 0.3 is 0 Å². The van der Waals surface area contributed by atoms with Crippen molar-refractivity contribution < 1.29 is 18.0 Å². The predicted molar refractivity (Wildman–Crippen MR) is 127 cm³/mol. The zero-order valence-electron chi connectivity index (χ0n) is 19.1. The van der Waals surface area contributed by atoms with Gasteiger partial charge in [0.25, 0.3) is 5.91 Å². The molecule has 0 saturated heterocycles. The standard InChI is InChI=1S/C23H20FN3O.C2H6.CH2F2/c1-15(22-13-27(2)14-25-22)26-23(28)18-8-11-21-17(12-18)4-3-5-20(21)16-6-9-19(24)10-7-16;1-2;2-1-3/h3-15H,1-2H3,(H,26,28);1-2H3;1H2. The van der Waals surface area contributed by atoms with Crippen LogP contribution in [0.2, 0.25) is 0 Å². The van der Waals surface area contributed by atoms with E-state index in [1.54, 1.807) is 18.5 Å². The average molecular weight is 456 g/mol. The molecule has 0 saturated carbocycles. The molecule has 1 N–H and O–H groups in total. The van der Waals surface area contributed by atoms with Gasteiger partial charge in [0.15, 0.2) is 0 Å². The summed E-state index contributed by atoms with van der Waals surface area (Å²) in [5, 5.41) is 4.96. The van der Waals surface area contributed by atoms with Gasteiger partial charge in [-0.15, -0.1) is 0 Å². The summed E-state index contributed by atoms with van der Waals surface area (Å²) in [7, 11) is 1.90. The van der Waals surface area contributed by atoms with Gasteiger partial charge in [-0.3, -0.25) is 4.79 Å². The summed E-state index contributed by atoms with van der Waals surface area (Å²) < 4.78 is 34.3. The number of fused-ring (bicyclic) bond motifs is 1. The van der Waals surface area contributed by atoms with Crippen molar-refractivity contribution in [1.82, 2.24) is 14.9 Å². The van der Waals surface area contributed by atoms with Gasteiger partial charge in [-0.2, -0.15) is 0 Å². The van der Waals surface area contributed by atoms with Crippen molar-refractivity contribution in [2.24, 2.45) is 7.05 Å². The monoisotopic (exact) mass is 455 g/mol. The van der Waals surface area contributed by atoms with Crippen LogP contribution in [0.15, 0.2) is 73.2 Å². The Morgan fingerprint density at radius 2 is 1.73 bits per heavy atom. The second-order valence-corrected chi connectivity index (χ2v) is 7.01. The fourth-order valence-corrected chi connectivity index (χ4v) is 3.32. The molecule has 3 aromatic carbocycles. The largest absolute Gasteiger partial charge is 0.344 e. The number of alkyl halides is 2. The number of amides is 1. The Morgan fingerprint density at radius 1 is 1.06 bits per heavy atom. The molecule has 1 heterocycles. The number of imidazole rings is 1. The van der Waals surface area contributed by atoms with E-state index < -0.39 is 6.93 Å². The lowest BCUT2D eigenvalue weighted by Crippen LogP contribution is -2.26. The molecule has 174 valence electrons. The molecule has 7 heteroatoms. The third kappa shape index (κ3) is 6.68. The molecule has 4 nitrogen and oxygen atoms in total. The van der Waals surface area contributed by atoms with Crippen molar-refractivity contribution in [1.29, 1.82) is 0 Å². The first-order chi connectivity index (χ1) is 15.9. The van der Waals surface area contributed by atoms with Gasteiger partial charge in [0, 0.05) is 18.8 Å². The highest BCUT2D eigenvalue weighted by atomic mass is 19.3. The number of rotatable bonds is 4. The number of aryl methyl sites for hydroxylation is 1. The van der Waals surface area contributed by atoms with Crippen LogP contribution in [0.4, 0.5) is 13.2 Å². The smallest absolute Gasteiger partial charge is 0.251 e. The summed E-state index contributed by atoms with van der Waals surface area (Å²) in [5.74, 6) is -0.405. The van der Waals surface area contributed by atoms with Crippen LogP contribution in [-0.2, 0) is 7.05 Å². The summed E-state index contributed by atoms with van der Waals surface area (Å²) in [6.07, 6.45) is 3.60. The second kappa shape index (κ2) is 12.4. The lowest BCUT2D eigenvalue weighted by atomic mass is 9.97. The van der Waals surface area contributed by atoms with Crippen LogP contribution in [0, 0.1) is 5.82 Å². The number of hydrogen-bond donors (Lipinski definition) is 1. The maximum absolute atomic E-state index is 13.2. The Morgan fingerprint density at radius 3 is 2.33 bits per heavy atom. The van der Waals surface area contributed by atoms with E-state index in [9.17, 15) is 18.0 Å². The van der Waals surface area contributed by atoms with E-state index in [4.69, 9.17) is 0 Å². The first kappa shape index (κ1) is 25.6. The summed E-state index contributed by atoms with van der Waals surface area (Å²) >= 11 is 0. The van der Waals surface area contributed by atoms with Crippen molar-refractivity contribution in [2.75, 3.05) is 6.93 Å². The third-order valence-corrected chi connectivity index (χ3v) is 4.81. The maximum Gasteiger partial charge on any atom is 0.251 e. The minimum Gasteiger partial charge on any atom is -0.344 e. The number of halogens is 3. The molecule has 4 aromatic rings. The molecule has 0 fully saturated rings. The normalized spacial score (nSPS) is 11.0. The van der Waals surface area contributed by atoms with E-state index in [0.29, 0.717) is 5.56 Å². The van der Waals surface area contributed by atoms with E-state index in [-0.39, 0.29) is 17.8 Å². The van der Waals surface area contributed by atoms with E-state index in [1.165, 1.54) is 12.1 Å². The maximum atomic E-state index is 13.2. The molecule has 1 aromatic heterocycles. The van der Waals surface area contributed by atoms with Crippen molar-refractivity contribution >= 4 is 16.7 Å². The summed E-state index contributed by atoms with van der Waals surface area (Å²) in [6, 6.07) is 17.8. The molecule has 1 amide bonds. The molecular weight excluding hydrogens is 427 g/mol. The van der Waals surface area contributed by atoms with Crippen LogP contribution in [0.3, 0.4) is 0 Å². The highest BCUT2D eigenvalue weighted by Gasteiger charge is 2.14. The van der Waals surface area contributed by atoms with E-state index in [0.717, 1.165) is 27.6 Å². The average Bonchev–Trinajstić information content (AvgIpc) is 3.27. The zero-order valence-corrected chi connectivity index (χ0v) is 19.1. The SMILES string of the molecule is CC.CC(NC(=O)c1ccc2c(-c3ccc(F)cc3)cccc2c1)c1cn(C)cn1.FCF.